The second-order valence-corrected chi connectivity index (χ2v) is 5.24. The molecule has 0 fully saturated rings. The number of nitrogens with zero attached hydrogens (tertiary/aromatic N) is 1. The highest BCUT2D eigenvalue weighted by molar-refractivity contribution is 6.06. The molecule has 2 atom stereocenters. The van der Waals surface area contributed by atoms with Crippen LogP contribution in [0.25, 0.3) is 0 Å². The molecule has 0 aromatic heterocycles. The van der Waals surface area contributed by atoms with Crippen molar-refractivity contribution in [2.45, 2.75) is 19.8 Å². The summed E-state index contributed by atoms with van der Waals surface area (Å²) in [6, 6.07) is 6.03. The van der Waals surface area contributed by atoms with Crippen molar-refractivity contribution in [1.82, 2.24) is 0 Å². The molecule has 0 saturated heterocycles. The summed E-state index contributed by atoms with van der Waals surface area (Å²) in [7, 11) is 2.48. The van der Waals surface area contributed by atoms with Gasteiger partial charge in [0.2, 0.25) is 0 Å². The van der Waals surface area contributed by atoms with Gasteiger partial charge in [0, 0.05) is 17.3 Å². The number of allylic oxidation sites excluding steroid dienone is 1. The molecule has 0 saturated carbocycles. The zero-order valence-corrected chi connectivity index (χ0v) is 13.4. The first-order valence-electron chi connectivity index (χ1n) is 7.08. The zero-order valence-electron chi connectivity index (χ0n) is 13.4. The summed E-state index contributed by atoms with van der Waals surface area (Å²) >= 11 is 0. The smallest absolute Gasteiger partial charge is 0.336 e. The minimum Gasteiger partial charge on any atom is -0.468 e. The number of ether oxygens (including phenoxy) is 2. The fourth-order valence-corrected chi connectivity index (χ4v) is 2.91. The Kier molecular flexibility index (Phi) is 4.93. The lowest BCUT2D eigenvalue weighted by atomic mass is 9.75. The summed E-state index contributed by atoms with van der Waals surface area (Å²) in [5, 5.41) is 0. The third-order valence-electron chi connectivity index (χ3n) is 3.93. The molecule has 1 aliphatic rings. The van der Waals surface area contributed by atoms with E-state index < -0.39 is 29.6 Å². The lowest BCUT2D eigenvalue weighted by molar-refractivity contribution is -0.143. The number of hydrogen-bond donors (Lipinski definition) is 0. The van der Waals surface area contributed by atoms with Gasteiger partial charge in [0.05, 0.1) is 19.8 Å². The van der Waals surface area contributed by atoms with Gasteiger partial charge in [-0.05, 0) is 25.5 Å². The van der Waals surface area contributed by atoms with E-state index in [4.69, 9.17) is 9.47 Å². The predicted molar refractivity (Wildman–Crippen MR) is 82.5 cm³/mol. The number of methoxy groups -OCH3 is 2. The lowest BCUT2D eigenvalue weighted by Gasteiger charge is -2.31. The van der Waals surface area contributed by atoms with Crippen LogP contribution in [0.4, 0.5) is 4.39 Å². The molecule has 6 heteroatoms. The third-order valence-corrected chi connectivity index (χ3v) is 3.93. The first kappa shape index (κ1) is 16.9. The molecule has 0 bridgehead atoms. The van der Waals surface area contributed by atoms with Crippen molar-refractivity contribution in [2.75, 3.05) is 14.2 Å². The highest BCUT2D eigenvalue weighted by Gasteiger charge is 2.42. The Morgan fingerprint density at radius 2 is 1.78 bits per heavy atom. The van der Waals surface area contributed by atoms with E-state index in [1.54, 1.807) is 32.0 Å². The Hall–Kier alpha value is -2.50. The van der Waals surface area contributed by atoms with Crippen molar-refractivity contribution in [2.24, 2.45) is 10.9 Å². The van der Waals surface area contributed by atoms with Gasteiger partial charge < -0.3 is 9.47 Å². The van der Waals surface area contributed by atoms with Gasteiger partial charge in [-0.2, -0.15) is 0 Å². The average Bonchev–Trinajstić information content (AvgIpc) is 2.53. The molecule has 23 heavy (non-hydrogen) atoms. The summed E-state index contributed by atoms with van der Waals surface area (Å²) in [4.78, 5) is 28.7. The number of aliphatic imine (C=N–C) groups is 1. The molecule has 1 aromatic carbocycles. The van der Waals surface area contributed by atoms with Gasteiger partial charge in [-0.15, -0.1) is 0 Å². The van der Waals surface area contributed by atoms with Crippen LogP contribution in [-0.2, 0) is 19.1 Å². The summed E-state index contributed by atoms with van der Waals surface area (Å²) < 4.78 is 24.0. The second-order valence-electron chi connectivity index (χ2n) is 5.24. The maximum Gasteiger partial charge on any atom is 0.336 e. The van der Waals surface area contributed by atoms with Crippen LogP contribution < -0.4 is 0 Å². The summed E-state index contributed by atoms with van der Waals surface area (Å²) in [5.41, 5.74) is 1.27. The van der Waals surface area contributed by atoms with E-state index in [2.05, 4.69) is 4.99 Å². The Morgan fingerprint density at radius 3 is 2.35 bits per heavy atom. The molecule has 0 aliphatic carbocycles. The Labute approximate surface area is 133 Å². The van der Waals surface area contributed by atoms with Crippen LogP contribution in [0.2, 0.25) is 0 Å². The van der Waals surface area contributed by atoms with Crippen molar-refractivity contribution >= 4 is 17.7 Å². The van der Waals surface area contributed by atoms with Crippen LogP contribution >= 0.6 is 0 Å². The lowest BCUT2D eigenvalue weighted by Crippen LogP contribution is -2.36. The van der Waals surface area contributed by atoms with Gasteiger partial charge in [0.15, 0.2) is 0 Å². The van der Waals surface area contributed by atoms with Gasteiger partial charge in [0.1, 0.15) is 11.7 Å². The second kappa shape index (κ2) is 6.73. The molecule has 0 N–H and O–H groups in total. The Balaban J connectivity index is 2.71. The molecule has 1 unspecified atom stereocenters. The van der Waals surface area contributed by atoms with Crippen LogP contribution in [0.15, 0.2) is 40.5 Å². The number of carbonyl (C=O) groups is 2. The van der Waals surface area contributed by atoms with E-state index in [9.17, 15) is 14.0 Å². The average molecular weight is 319 g/mol. The van der Waals surface area contributed by atoms with Crippen molar-refractivity contribution < 1.29 is 23.5 Å². The SMILES string of the molecule is COC(=O)C1=C(C)N=C(C)C(C(=O)OC)[C@@H]1c1ccccc1F. The normalized spacial score (nSPS) is 20.8. The maximum atomic E-state index is 14.3. The Morgan fingerprint density at radius 1 is 1.13 bits per heavy atom. The fraction of sp³-hybridized carbons (Fsp3) is 0.353. The van der Waals surface area contributed by atoms with E-state index in [0.717, 1.165) is 0 Å². The molecule has 0 amide bonds. The van der Waals surface area contributed by atoms with E-state index in [-0.39, 0.29) is 11.1 Å². The molecular weight excluding hydrogens is 301 g/mol. The number of rotatable bonds is 3. The van der Waals surface area contributed by atoms with Crippen molar-refractivity contribution in [1.29, 1.82) is 0 Å². The first-order valence-corrected chi connectivity index (χ1v) is 7.08. The van der Waals surface area contributed by atoms with Crippen LogP contribution in [0.5, 0.6) is 0 Å². The highest BCUT2D eigenvalue weighted by Crippen LogP contribution is 2.40. The van der Waals surface area contributed by atoms with Gasteiger partial charge in [-0.25, -0.2) is 9.18 Å². The summed E-state index contributed by atoms with van der Waals surface area (Å²) in [6.45, 7) is 3.30. The molecule has 1 heterocycles. The van der Waals surface area contributed by atoms with Gasteiger partial charge in [-0.3, -0.25) is 9.79 Å². The van der Waals surface area contributed by atoms with E-state index in [1.165, 1.54) is 20.3 Å². The van der Waals surface area contributed by atoms with E-state index in [1.807, 2.05) is 0 Å². The molecule has 1 aliphatic heterocycles. The Bertz CT molecular complexity index is 708. The molecule has 0 radical (unpaired) electrons. The summed E-state index contributed by atoms with van der Waals surface area (Å²) in [6.07, 6.45) is 0. The van der Waals surface area contributed by atoms with Crippen molar-refractivity contribution in [3.05, 3.63) is 46.9 Å². The molecule has 2 rings (SSSR count). The maximum absolute atomic E-state index is 14.3. The molecule has 1 aromatic rings. The number of hydrogen-bond acceptors (Lipinski definition) is 5. The monoisotopic (exact) mass is 319 g/mol. The molecule has 0 spiro atoms. The topological polar surface area (TPSA) is 65.0 Å². The van der Waals surface area contributed by atoms with E-state index in [0.29, 0.717) is 11.4 Å². The van der Waals surface area contributed by atoms with Crippen LogP contribution in [0, 0.1) is 11.7 Å². The van der Waals surface area contributed by atoms with Crippen molar-refractivity contribution in [3.8, 4) is 0 Å². The predicted octanol–water partition coefficient (Wildman–Crippen LogP) is 2.62. The number of benzene rings is 1. The first-order chi connectivity index (χ1) is 10.9. The molecular formula is C17H18FNO4. The minimum atomic E-state index is -0.880. The van der Waals surface area contributed by atoms with Crippen LogP contribution in [-0.4, -0.2) is 31.9 Å². The number of halogens is 1. The molecule has 5 nitrogen and oxygen atoms in total. The highest BCUT2D eigenvalue weighted by atomic mass is 19.1. The van der Waals surface area contributed by atoms with E-state index >= 15 is 0 Å². The minimum absolute atomic E-state index is 0.165. The standard InChI is InChI=1S/C17H18FNO4/c1-9-13(16(20)22-3)15(11-7-5-6-8-12(11)18)14(10(2)19-9)17(21)23-4/h5-8,13,15H,1-4H3/t13?,15-/m0/s1. The summed E-state index contributed by atoms with van der Waals surface area (Å²) in [5.74, 6) is -3.44. The quantitative estimate of drug-likeness (QED) is 0.803. The van der Waals surface area contributed by atoms with Gasteiger partial charge in [-0.1, -0.05) is 18.2 Å². The van der Waals surface area contributed by atoms with Crippen LogP contribution in [0.3, 0.4) is 0 Å². The largest absolute Gasteiger partial charge is 0.468 e. The zero-order chi connectivity index (χ0) is 17.1. The van der Waals surface area contributed by atoms with Crippen LogP contribution in [0.1, 0.15) is 25.3 Å². The number of carbonyl (C=O) groups excluding carboxylic acids is 2. The third kappa shape index (κ3) is 3.02. The fourth-order valence-electron chi connectivity index (χ4n) is 2.91. The molecule has 122 valence electrons. The van der Waals surface area contributed by atoms with Crippen molar-refractivity contribution in [3.63, 3.8) is 0 Å². The van der Waals surface area contributed by atoms with Gasteiger partial charge in [0.25, 0.3) is 0 Å². The van der Waals surface area contributed by atoms with Gasteiger partial charge >= 0.3 is 11.9 Å². The number of esters is 2.